The maximum absolute atomic E-state index is 9.85. The van der Waals surface area contributed by atoms with Crippen LogP contribution < -0.4 is 5.32 Å². The SMILES string of the molecule is CCc1ccc(C(C)NCc2cc(C)ccc2O)cc1. The van der Waals surface area contributed by atoms with Crippen molar-refractivity contribution in [2.75, 3.05) is 0 Å². The summed E-state index contributed by atoms with van der Waals surface area (Å²) < 4.78 is 0. The summed E-state index contributed by atoms with van der Waals surface area (Å²) in [4.78, 5) is 0. The fraction of sp³-hybridized carbons (Fsp3) is 0.333. The molecule has 0 bridgehead atoms. The van der Waals surface area contributed by atoms with Gasteiger partial charge >= 0.3 is 0 Å². The second-order valence-corrected chi connectivity index (χ2v) is 5.33. The third-order valence-corrected chi connectivity index (χ3v) is 3.72. The van der Waals surface area contributed by atoms with Gasteiger partial charge in [0.1, 0.15) is 5.75 Å². The first kappa shape index (κ1) is 14.6. The van der Waals surface area contributed by atoms with E-state index in [0.717, 1.165) is 12.0 Å². The molecule has 0 spiro atoms. The molecule has 0 amide bonds. The first-order chi connectivity index (χ1) is 9.60. The Balaban J connectivity index is 2.00. The van der Waals surface area contributed by atoms with Crippen LogP contribution in [0.15, 0.2) is 42.5 Å². The molecule has 20 heavy (non-hydrogen) atoms. The molecule has 0 radical (unpaired) electrons. The molecule has 1 atom stereocenters. The normalized spacial score (nSPS) is 12.3. The van der Waals surface area contributed by atoms with E-state index in [9.17, 15) is 5.11 Å². The summed E-state index contributed by atoms with van der Waals surface area (Å²) in [5.41, 5.74) is 4.74. The van der Waals surface area contributed by atoms with Crippen LogP contribution in [0, 0.1) is 6.92 Å². The monoisotopic (exact) mass is 269 g/mol. The molecular weight excluding hydrogens is 246 g/mol. The van der Waals surface area contributed by atoms with Gasteiger partial charge < -0.3 is 10.4 Å². The molecule has 2 N–H and O–H groups in total. The van der Waals surface area contributed by atoms with Gasteiger partial charge in [0.15, 0.2) is 0 Å². The lowest BCUT2D eigenvalue weighted by atomic mass is 10.0. The molecule has 0 aliphatic heterocycles. The Hall–Kier alpha value is -1.80. The van der Waals surface area contributed by atoms with E-state index in [1.165, 1.54) is 16.7 Å². The Morgan fingerprint density at radius 3 is 2.45 bits per heavy atom. The maximum atomic E-state index is 9.85. The Morgan fingerprint density at radius 1 is 1.10 bits per heavy atom. The number of phenols is 1. The van der Waals surface area contributed by atoms with E-state index in [-0.39, 0.29) is 6.04 Å². The summed E-state index contributed by atoms with van der Waals surface area (Å²) in [5, 5.41) is 13.3. The molecule has 0 aromatic heterocycles. The number of hydrogen-bond acceptors (Lipinski definition) is 2. The van der Waals surface area contributed by atoms with Crippen LogP contribution in [0.2, 0.25) is 0 Å². The van der Waals surface area contributed by atoms with Gasteiger partial charge in [0.2, 0.25) is 0 Å². The van der Waals surface area contributed by atoms with Gasteiger partial charge in [-0.2, -0.15) is 0 Å². The average molecular weight is 269 g/mol. The Labute approximate surface area is 121 Å². The lowest BCUT2D eigenvalue weighted by Gasteiger charge is -2.15. The average Bonchev–Trinajstić information content (AvgIpc) is 2.48. The van der Waals surface area contributed by atoms with Crippen molar-refractivity contribution in [2.24, 2.45) is 0 Å². The molecule has 0 saturated carbocycles. The number of phenolic OH excluding ortho intramolecular Hbond substituents is 1. The van der Waals surface area contributed by atoms with E-state index in [1.54, 1.807) is 6.07 Å². The first-order valence-electron chi connectivity index (χ1n) is 7.21. The lowest BCUT2D eigenvalue weighted by molar-refractivity contribution is 0.460. The predicted octanol–water partition coefficient (Wildman–Crippen LogP) is 4.11. The van der Waals surface area contributed by atoms with Crippen LogP contribution in [0.5, 0.6) is 5.75 Å². The van der Waals surface area contributed by atoms with E-state index in [1.807, 2.05) is 19.1 Å². The molecule has 0 saturated heterocycles. The van der Waals surface area contributed by atoms with Gasteiger partial charge in [-0.1, -0.05) is 48.9 Å². The summed E-state index contributed by atoms with van der Waals surface area (Å²) in [6.07, 6.45) is 1.07. The molecule has 2 rings (SSSR count). The molecule has 0 aliphatic rings. The fourth-order valence-corrected chi connectivity index (χ4v) is 2.28. The minimum Gasteiger partial charge on any atom is -0.508 e. The third-order valence-electron chi connectivity index (χ3n) is 3.72. The van der Waals surface area contributed by atoms with Crippen molar-refractivity contribution >= 4 is 0 Å². The van der Waals surface area contributed by atoms with Crippen molar-refractivity contribution in [1.82, 2.24) is 5.32 Å². The van der Waals surface area contributed by atoms with E-state index in [4.69, 9.17) is 0 Å². The van der Waals surface area contributed by atoms with Crippen molar-refractivity contribution in [3.05, 3.63) is 64.7 Å². The smallest absolute Gasteiger partial charge is 0.120 e. The highest BCUT2D eigenvalue weighted by Crippen LogP contribution is 2.20. The highest BCUT2D eigenvalue weighted by atomic mass is 16.3. The topological polar surface area (TPSA) is 32.3 Å². The van der Waals surface area contributed by atoms with Crippen LogP contribution >= 0.6 is 0 Å². The van der Waals surface area contributed by atoms with Crippen LogP contribution in [0.4, 0.5) is 0 Å². The van der Waals surface area contributed by atoms with Crippen molar-refractivity contribution in [1.29, 1.82) is 0 Å². The van der Waals surface area contributed by atoms with Gasteiger partial charge in [-0.3, -0.25) is 0 Å². The number of aromatic hydroxyl groups is 1. The molecule has 2 aromatic carbocycles. The van der Waals surface area contributed by atoms with Gasteiger partial charge in [0.25, 0.3) is 0 Å². The Bertz CT molecular complexity index is 560. The molecule has 1 unspecified atom stereocenters. The second-order valence-electron chi connectivity index (χ2n) is 5.33. The second kappa shape index (κ2) is 6.58. The molecule has 2 aromatic rings. The van der Waals surface area contributed by atoms with Gasteiger partial charge in [-0.25, -0.2) is 0 Å². The Morgan fingerprint density at radius 2 is 1.80 bits per heavy atom. The van der Waals surface area contributed by atoms with Gasteiger partial charge in [-0.15, -0.1) is 0 Å². The highest BCUT2D eigenvalue weighted by molar-refractivity contribution is 5.35. The van der Waals surface area contributed by atoms with Crippen LogP contribution in [0.1, 0.15) is 42.1 Å². The zero-order chi connectivity index (χ0) is 14.5. The number of rotatable bonds is 5. The minimum absolute atomic E-state index is 0.265. The van der Waals surface area contributed by atoms with Crippen molar-refractivity contribution in [3.8, 4) is 5.75 Å². The maximum Gasteiger partial charge on any atom is 0.120 e. The number of hydrogen-bond donors (Lipinski definition) is 2. The fourth-order valence-electron chi connectivity index (χ4n) is 2.28. The molecule has 0 heterocycles. The third kappa shape index (κ3) is 3.61. The van der Waals surface area contributed by atoms with Crippen molar-refractivity contribution in [3.63, 3.8) is 0 Å². The highest BCUT2D eigenvalue weighted by Gasteiger charge is 2.07. The summed E-state index contributed by atoms with van der Waals surface area (Å²) >= 11 is 0. The van der Waals surface area contributed by atoms with E-state index in [0.29, 0.717) is 12.3 Å². The number of nitrogens with one attached hydrogen (secondary N) is 1. The lowest BCUT2D eigenvalue weighted by Crippen LogP contribution is -2.18. The molecular formula is C18H23NO. The van der Waals surface area contributed by atoms with Crippen LogP contribution in [-0.2, 0) is 13.0 Å². The van der Waals surface area contributed by atoms with Crippen LogP contribution in [0.25, 0.3) is 0 Å². The molecule has 2 nitrogen and oxygen atoms in total. The zero-order valence-electron chi connectivity index (χ0n) is 12.5. The van der Waals surface area contributed by atoms with E-state index >= 15 is 0 Å². The van der Waals surface area contributed by atoms with Crippen molar-refractivity contribution in [2.45, 2.75) is 39.8 Å². The van der Waals surface area contributed by atoms with Gasteiger partial charge in [-0.05, 0) is 37.5 Å². The number of aryl methyl sites for hydroxylation is 2. The van der Waals surface area contributed by atoms with E-state index in [2.05, 4.69) is 43.4 Å². The van der Waals surface area contributed by atoms with Crippen LogP contribution in [-0.4, -0.2) is 5.11 Å². The number of benzene rings is 2. The summed E-state index contributed by atoms with van der Waals surface area (Å²) in [6.45, 7) is 7.02. The predicted molar refractivity (Wildman–Crippen MR) is 83.9 cm³/mol. The van der Waals surface area contributed by atoms with Gasteiger partial charge in [0.05, 0.1) is 0 Å². The molecule has 0 fully saturated rings. The molecule has 2 heteroatoms. The molecule has 106 valence electrons. The van der Waals surface area contributed by atoms with Crippen LogP contribution in [0.3, 0.4) is 0 Å². The summed E-state index contributed by atoms with van der Waals surface area (Å²) in [5.74, 6) is 0.358. The molecule has 0 aliphatic carbocycles. The first-order valence-corrected chi connectivity index (χ1v) is 7.21. The zero-order valence-corrected chi connectivity index (χ0v) is 12.5. The quantitative estimate of drug-likeness (QED) is 0.856. The standard InChI is InChI=1S/C18H23NO/c1-4-15-6-8-16(9-7-15)14(3)19-12-17-11-13(2)5-10-18(17)20/h5-11,14,19-20H,4,12H2,1-3H3. The summed E-state index contributed by atoms with van der Waals surface area (Å²) in [6, 6.07) is 14.7. The van der Waals surface area contributed by atoms with Crippen molar-refractivity contribution < 1.29 is 5.11 Å². The minimum atomic E-state index is 0.265. The largest absolute Gasteiger partial charge is 0.508 e. The van der Waals surface area contributed by atoms with E-state index < -0.39 is 0 Å². The summed E-state index contributed by atoms with van der Waals surface area (Å²) in [7, 11) is 0. The Kier molecular flexibility index (Phi) is 4.80. The van der Waals surface area contributed by atoms with Gasteiger partial charge in [0, 0.05) is 18.2 Å².